The summed E-state index contributed by atoms with van der Waals surface area (Å²) in [5.74, 6) is 0.0336. The fourth-order valence-electron chi connectivity index (χ4n) is 1.92. The molecule has 0 bridgehead atoms. The normalized spacial score (nSPS) is 18.9. The van der Waals surface area contributed by atoms with E-state index in [-0.39, 0.29) is 12.5 Å². The predicted octanol–water partition coefficient (Wildman–Crippen LogP) is 1.67. The number of aryl methyl sites for hydroxylation is 1. The highest BCUT2D eigenvalue weighted by atomic mass is 16.5. The Bertz CT molecular complexity index is 417. The third-order valence-corrected chi connectivity index (χ3v) is 2.88. The van der Waals surface area contributed by atoms with Gasteiger partial charge in [0, 0.05) is 7.05 Å². The number of aliphatic carboxylic acids is 1. The van der Waals surface area contributed by atoms with Gasteiger partial charge in [0.2, 0.25) is 0 Å². The highest BCUT2D eigenvalue weighted by Gasteiger charge is 2.26. The number of hydrogen-bond donors (Lipinski definition) is 1. The molecule has 1 heterocycles. The van der Waals surface area contributed by atoms with Crippen molar-refractivity contribution in [2.24, 2.45) is 0 Å². The zero-order valence-corrected chi connectivity index (χ0v) is 9.43. The van der Waals surface area contributed by atoms with Gasteiger partial charge in [-0.15, -0.1) is 0 Å². The number of likely N-dealkylation sites (N-methyl/N-ethyl adjacent to an activating group) is 1. The van der Waals surface area contributed by atoms with Crippen LogP contribution in [0.4, 0.5) is 5.69 Å². The molecule has 0 aliphatic carbocycles. The minimum absolute atomic E-state index is 0.0909. The Balaban J connectivity index is 2.26. The van der Waals surface area contributed by atoms with E-state index in [9.17, 15) is 4.79 Å². The second-order valence-corrected chi connectivity index (χ2v) is 4.14. The van der Waals surface area contributed by atoms with Gasteiger partial charge in [0.05, 0.1) is 18.2 Å². The first kappa shape index (κ1) is 10.8. The molecule has 0 aromatic heterocycles. The monoisotopic (exact) mass is 221 g/mol. The van der Waals surface area contributed by atoms with Crippen molar-refractivity contribution < 1.29 is 14.6 Å². The molecule has 4 nitrogen and oxygen atoms in total. The fraction of sp³-hybridized carbons (Fsp3) is 0.417. The van der Waals surface area contributed by atoms with E-state index in [0.29, 0.717) is 6.61 Å². The molecule has 0 saturated carbocycles. The van der Waals surface area contributed by atoms with Crippen LogP contribution in [0.1, 0.15) is 12.0 Å². The summed E-state index contributed by atoms with van der Waals surface area (Å²) in [4.78, 5) is 12.7. The van der Waals surface area contributed by atoms with Gasteiger partial charge in [-0.1, -0.05) is 6.07 Å². The van der Waals surface area contributed by atoms with Crippen LogP contribution in [0.2, 0.25) is 0 Å². The van der Waals surface area contributed by atoms with Gasteiger partial charge in [0.15, 0.2) is 0 Å². The van der Waals surface area contributed by atoms with Crippen LogP contribution in [0.15, 0.2) is 18.2 Å². The number of carboxylic acid groups (broad SMARTS) is 1. The van der Waals surface area contributed by atoms with E-state index < -0.39 is 5.97 Å². The molecule has 0 saturated heterocycles. The molecule has 0 fully saturated rings. The number of benzene rings is 1. The number of carbonyl (C=O) groups is 1. The fourth-order valence-corrected chi connectivity index (χ4v) is 1.92. The third kappa shape index (κ3) is 1.96. The first-order valence-electron chi connectivity index (χ1n) is 5.26. The molecule has 86 valence electrons. The Morgan fingerprint density at radius 3 is 3.06 bits per heavy atom. The predicted molar refractivity (Wildman–Crippen MR) is 61.1 cm³/mol. The molecule has 1 aromatic rings. The van der Waals surface area contributed by atoms with Crippen molar-refractivity contribution in [3.63, 3.8) is 0 Å². The molecular formula is C12H15NO3. The molecule has 1 aliphatic heterocycles. The van der Waals surface area contributed by atoms with Crippen LogP contribution in [-0.2, 0) is 4.79 Å². The number of ether oxygens (including phenoxy) is 1. The van der Waals surface area contributed by atoms with Crippen molar-refractivity contribution in [1.82, 2.24) is 0 Å². The van der Waals surface area contributed by atoms with Gasteiger partial charge in [-0.05, 0) is 24.6 Å². The van der Waals surface area contributed by atoms with Gasteiger partial charge in [-0.2, -0.15) is 0 Å². The van der Waals surface area contributed by atoms with Crippen molar-refractivity contribution in [3.8, 4) is 5.75 Å². The maximum absolute atomic E-state index is 10.7. The summed E-state index contributed by atoms with van der Waals surface area (Å²) >= 11 is 0. The van der Waals surface area contributed by atoms with Crippen LogP contribution in [-0.4, -0.2) is 30.8 Å². The Morgan fingerprint density at radius 1 is 1.62 bits per heavy atom. The first-order valence-corrected chi connectivity index (χ1v) is 5.26. The van der Waals surface area contributed by atoms with Crippen molar-refractivity contribution >= 4 is 11.7 Å². The number of rotatable bonds is 2. The molecule has 1 N–H and O–H groups in total. The Hall–Kier alpha value is -1.71. The van der Waals surface area contributed by atoms with Crippen LogP contribution in [0.5, 0.6) is 5.75 Å². The SMILES string of the molecule is Cc1ccc2c(c1)N(C)C(CC(=O)O)CO2. The molecule has 4 heteroatoms. The highest BCUT2D eigenvalue weighted by molar-refractivity contribution is 5.70. The smallest absolute Gasteiger partial charge is 0.305 e. The lowest BCUT2D eigenvalue weighted by molar-refractivity contribution is -0.137. The van der Waals surface area contributed by atoms with Crippen molar-refractivity contribution in [3.05, 3.63) is 23.8 Å². The van der Waals surface area contributed by atoms with E-state index in [0.717, 1.165) is 17.0 Å². The van der Waals surface area contributed by atoms with E-state index >= 15 is 0 Å². The Labute approximate surface area is 94.4 Å². The number of anilines is 1. The van der Waals surface area contributed by atoms with Gasteiger partial charge >= 0.3 is 5.97 Å². The summed E-state index contributed by atoms with van der Waals surface area (Å²) in [5.41, 5.74) is 2.11. The van der Waals surface area contributed by atoms with E-state index in [4.69, 9.17) is 9.84 Å². The lowest BCUT2D eigenvalue weighted by Gasteiger charge is -2.35. The Kier molecular flexibility index (Phi) is 2.73. The molecule has 0 amide bonds. The molecule has 1 unspecified atom stereocenters. The van der Waals surface area contributed by atoms with E-state index in [1.807, 2.05) is 37.1 Å². The molecule has 2 rings (SSSR count). The van der Waals surface area contributed by atoms with Crippen LogP contribution < -0.4 is 9.64 Å². The second-order valence-electron chi connectivity index (χ2n) is 4.14. The molecule has 0 radical (unpaired) electrons. The van der Waals surface area contributed by atoms with Crippen LogP contribution in [0.25, 0.3) is 0 Å². The molecule has 0 spiro atoms. The Morgan fingerprint density at radius 2 is 2.38 bits per heavy atom. The van der Waals surface area contributed by atoms with Gasteiger partial charge in [0.25, 0.3) is 0 Å². The first-order chi connectivity index (χ1) is 7.58. The number of carboxylic acids is 1. The topological polar surface area (TPSA) is 49.8 Å². The van der Waals surface area contributed by atoms with Crippen LogP contribution in [0, 0.1) is 6.92 Å². The second kappa shape index (κ2) is 4.04. The molecule has 1 atom stereocenters. The average Bonchev–Trinajstić information content (AvgIpc) is 2.22. The summed E-state index contributed by atoms with van der Waals surface area (Å²) in [7, 11) is 1.91. The van der Waals surface area contributed by atoms with E-state index in [1.54, 1.807) is 0 Å². The van der Waals surface area contributed by atoms with Crippen LogP contribution in [0.3, 0.4) is 0 Å². The molecule has 1 aliphatic rings. The third-order valence-electron chi connectivity index (χ3n) is 2.88. The molecule has 16 heavy (non-hydrogen) atoms. The van der Waals surface area contributed by atoms with Gasteiger partial charge < -0.3 is 14.7 Å². The minimum atomic E-state index is -0.795. The highest BCUT2D eigenvalue weighted by Crippen LogP contribution is 2.34. The maximum Gasteiger partial charge on any atom is 0.305 e. The molecular weight excluding hydrogens is 206 g/mol. The van der Waals surface area contributed by atoms with Gasteiger partial charge in [-0.25, -0.2) is 0 Å². The summed E-state index contributed by atoms with van der Waals surface area (Å²) < 4.78 is 5.56. The lowest BCUT2D eigenvalue weighted by atomic mass is 10.1. The maximum atomic E-state index is 10.7. The van der Waals surface area contributed by atoms with Crippen molar-refractivity contribution in [2.45, 2.75) is 19.4 Å². The van der Waals surface area contributed by atoms with Gasteiger partial charge in [0.1, 0.15) is 12.4 Å². The standard InChI is InChI=1S/C12H15NO3/c1-8-3-4-11-10(5-8)13(2)9(7-16-11)6-12(14)15/h3-5,9H,6-7H2,1-2H3,(H,14,15). The number of hydrogen-bond acceptors (Lipinski definition) is 3. The summed E-state index contributed by atoms with van der Waals surface area (Å²) in [6.45, 7) is 2.44. The van der Waals surface area contributed by atoms with E-state index in [2.05, 4.69) is 0 Å². The summed E-state index contributed by atoms with van der Waals surface area (Å²) in [6.07, 6.45) is 0.101. The lowest BCUT2D eigenvalue weighted by Crippen LogP contribution is -2.41. The minimum Gasteiger partial charge on any atom is -0.489 e. The average molecular weight is 221 g/mol. The van der Waals surface area contributed by atoms with Gasteiger partial charge in [-0.3, -0.25) is 4.79 Å². The zero-order chi connectivity index (χ0) is 11.7. The van der Waals surface area contributed by atoms with Crippen LogP contribution >= 0.6 is 0 Å². The summed E-state index contributed by atoms with van der Waals surface area (Å²) in [5, 5.41) is 8.80. The zero-order valence-electron chi connectivity index (χ0n) is 9.43. The largest absolute Gasteiger partial charge is 0.489 e. The van der Waals surface area contributed by atoms with Crippen molar-refractivity contribution in [1.29, 1.82) is 0 Å². The quantitative estimate of drug-likeness (QED) is 0.825. The van der Waals surface area contributed by atoms with Crippen molar-refractivity contribution in [2.75, 3.05) is 18.6 Å². The summed E-state index contributed by atoms with van der Waals surface area (Å²) in [6, 6.07) is 5.85. The number of fused-ring (bicyclic) bond motifs is 1. The van der Waals surface area contributed by atoms with E-state index in [1.165, 1.54) is 0 Å². The molecule has 1 aromatic carbocycles. The number of nitrogens with zero attached hydrogens (tertiary/aromatic N) is 1.